The van der Waals surface area contributed by atoms with E-state index in [2.05, 4.69) is 5.32 Å². The van der Waals surface area contributed by atoms with Crippen molar-refractivity contribution in [3.8, 4) is 0 Å². The highest BCUT2D eigenvalue weighted by atomic mass is 32.2. The number of nitrogens with zero attached hydrogens (tertiary/aromatic N) is 1. The average molecular weight is 290 g/mol. The Hall–Kier alpha value is -0.430. The molecule has 0 aliphatic heterocycles. The van der Waals surface area contributed by atoms with Crippen molar-refractivity contribution in [2.45, 2.75) is 25.8 Å². The number of thiophene rings is 1. The molecule has 1 aromatic heterocycles. The van der Waals surface area contributed by atoms with E-state index in [9.17, 15) is 8.42 Å². The molecule has 1 heterocycles. The first kappa shape index (κ1) is 15.6. The molecular weight excluding hydrogens is 268 g/mol. The minimum absolute atomic E-state index is 0.00300. The van der Waals surface area contributed by atoms with Crippen LogP contribution in [0, 0.1) is 0 Å². The van der Waals surface area contributed by atoms with Crippen LogP contribution in [-0.4, -0.2) is 45.2 Å². The lowest BCUT2D eigenvalue weighted by Crippen LogP contribution is -2.38. The topological polar surface area (TPSA) is 49.4 Å². The maximum absolute atomic E-state index is 12.1. The van der Waals surface area contributed by atoms with Gasteiger partial charge in [-0.15, -0.1) is 11.3 Å². The van der Waals surface area contributed by atoms with Crippen molar-refractivity contribution in [3.05, 3.63) is 22.4 Å². The van der Waals surface area contributed by atoms with Crippen molar-refractivity contribution in [2.24, 2.45) is 0 Å². The lowest BCUT2D eigenvalue weighted by molar-refractivity contribution is 0.387. The fourth-order valence-corrected chi connectivity index (χ4v) is 3.94. The Kier molecular flexibility index (Phi) is 6.28. The molecule has 0 amide bonds. The smallest absolute Gasteiger partial charge is 0.214 e. The molecule has 0 radical (unpaired) electrons. The molecule has 18 heavy (non-hydrogen) atoms. The average Bonchev–Trinajstić information content (AvgIpc) is 2.81. The van der Waals surface area contributed by atoms with Gasteiger partial charge in [-0.05, 0) is 44.8 Å². The summed E-state index contributed by atoms with van der Waals surface area (Å²) in [6.45, 7) is 2.68. The van der Waals surface area contributed by atoms with E-state index in [1.807, 2.05) is 31.5 Å². The summed E-state index contributed by atoms with van der Waals surface area (Å²) in [7, 11) is 0.366. The minimum Gasteiger partial charge on any atom is -0.320 e. The Labute approximate surface area is 114 Å². The zero-order valence-electron chi connectivity index (χ0n) is 11.2. The van der Waals surface area contributed by atoms with Gasteiger partial charge in [0.2, 0.25) is 10.0 Å². The highest BCUT2D eigenvalue weighted by Gasteiger charge is 2.22. The van der Waals surface area contributed by atoms with Crippen molar-refractivity contribution in [3.63, 3.8) is 0 Å². The van der Waals surface area contributed by atoms with Gasteiger partial charge >= 0.3 is 0 Å². The quantitative estimate of drug-likeness (QED) is 0.739. The van der Waals surface area contributed by atoms with Crippen LogP contribution in [0.2, 0.25) is 0 Å². The molecule has 104 valence electrons. The first-order valence-electron chi connectivity index (χ1n) is 6.10. The largest absolute Gasteiger partial charge is 0.320 e. The maximum Gasteiger partial charge on any atom is 0.214 e. The van der Waals surface area contributed by atoms with Gasteiger partial charge in [-0.1, -0.05) is 6.07 Å². The van der Waals surface area contributed by atoms with Gasteiger partial charge < -0.3 is 5.32 Å². The van der Waals surface area contributed by atoms with Gasteiger partial charge in [-0.2, -0.15) is 0 Å². The van der Waals surface area contributed by atoms with E-state index in [1.165, 1.54) is 9.18 Å². The van der Waals surface area contributed by atoms with E-state index < -0.39 is 10.0 Å². The summed E-state index contributed by atoms with van der Waals surface area (Å²) in [5.74, 6) is 0.207. The molecule has 4 nitrogen and oxygen atoms in total. The predicted molar refractivity (Wildman–Crippen MR) is 77.6 cm³/mol. The summed E-state index contributed by atoms with van der Waals surface area (Å²) in [6.07, 6.45) is 1.42. The molecule has 1 aromatic rings. The molecule has 0 spiro atoms. The third-order valence-electron chi connectivity index (χ3n) is 2.97. The van der Waals surface area contributed by atoms with Gasteiger partial charge in [0.15, 0.2) is 0 Å². The standard InChI is InChI=1S/C12H22N2O2S2/c1-11(10-12-6-4-8-17-12)14(3)18(15,16)9-5-7-13-2/h4,6,8,11,13H,5,7,9-10H2,1-3H3. The van der Waals surface area contributed by atoms with Crippen LogP contribution in [0.5, 0.6) is 0 Å². The highest BCUT2D eigenvalue weighted by Crippen LogP contribution is 2.15. The zero-order chi connectivity index (χ0) is 13.6. The first-order valence-corrected chi connectivity index (χ1v) is 8.59. The molecule has 6 heteroatoms. The zero-order valence-corrected chi connectivity index (χ0v) is 12.9. The van der Waals surface area contributed by atoms with Crippen LogP contribution in [0.4, 0.5) is 0 Å². The third kappa shape index (κ3) is 4.68. The third-order valence-corrected chi connectivity index (χ3v) is 5.91. The predicted octanol–water partition coefficient (Wildman–Crippen LogP) is 1.55. The molecule has 0 aliphatic carbocycles. The summed E-state index contributed by atoms with van der Waals surface area (Å²) in [6, 6.07) is 4.04. The molecule has 0 aliphatic rings. The maximum atomic E-state index is 12.1. The number of hydrogen-bond acceptors (Lipinski definition) is 4. The Balaban J connectivity index is 2.53. The molecule has 0 aromatic carbocycles. The van der Waals surface area contributed by atoms with E-state index in [1.54, 1.807) is 18.4 Å². The summed E-state index contributed by atoms with van der Waals surface area (Å²) >= 11 is 1.67. The Morgan fingerprint density at radius 1 is 1.50 bits per heavy atom. The summed E-state index contributed by atoms with van der Waals surface area (Å²) in [5, 5.41) is 4.98. The van der Waals surface area contributed by atoms with E-state index >= 15 is 0 Å². The molecule has 1 N–H and O–H groups in total. The summed E-state index contributed by atoms with van der Waals surface area (Å²) in [5.41, 5.74) is 0. The SMILES string of the molecule is CNCCCS(=O)(=O)N(C)C(C)Cc1cccs1. The van der Waals surface area contributed by atoms with Crippen LogP contribution in [0.15, 0.2) is 17.5 Å². The van der Waals surface area contributed by atoms with Crippen molar-refractivity contribution in [1.29, 1.82) is 0 Å². The van der Waals surface area contributed by atoms with Gasteiger partial charge in [0.1, 0.15) is 0 Å². The van der Waals surface area contributed by atoms with E-state index in [0.717, 1.165) is 13.0 Å². The molecule has 0 fully saturated rings. The number of rotatable bonds is 8. The summed E-state index contributed by atoms with van der Waals surface area (Å²) in [4.78, 5) is 1.22. The van der Waals surface area contributed by atoms with E-state index in [-0.39, 0.29) is 11.8 Å². The Morgan fingerprint density at radius 3 is 2.78 bits per heavy atom. The van der Waals surface area contributed by atoms with E-state index in [0.29, 0.717) is 6.42 Å². The van der Waals surface area contributed by atoms with Crippen molar-refractivity contribution >= 4 is 21.4 Å². The van der Waals surface area contributed by atoms with Gasteiger partial charge in [0, 0.05) is 18.0 Å². The monoisotopic (exact) mass is 290 g/mol. The Bertz CT molecular complexity index is 429. The van der Waals surface area contributed by atoms with Gasteiger partial charge in [0.25, 0.3) is 0 Å². The van der Waals surface area contributed by atoms with Crippen molar-refractivity contribution in [1.82, 2.24) is 9.62 Å². The number of likely N-dealkylation sites (N-methyl/N-ethyl adjacent to an activating group) is 1. The van der Waals surface area contributed by atoms with Gasteiger partial charge in [-0.25, -0.2) is 12.7 Å². The van der Waals surface area contributed by atoms with Crippen LogP contribution < -0.4 is 5.32 Å². The molecule has 0 saturated heterocycles. The molecule has 0 bridgehead atoms. The van der Waals surface area contributed by atoms with Crippen LogP contribution in [0.1, 0.15) is 18.2 Å². The first-order chi connectivity index (χ1) is 8.47. The van der Waals surface area contributed by atoms with Gasteiger partial charge in [-0.3, -0.25) is 0 Å². The number of hydrogen-bond donors (Lipinski definition) is 1. The second-order valence-electron chi connectivity index (χ2n) is 4.42. The second kappa shape index (κ2) is 7.23. The fourth-order valence-electron chi connectivity index (χ4n) is 1.70. The van der Waals surface area contributed by atoms with Crippen molar-refractivity contribution < 1.29 is 8.42 Å². The summed E-state index contributed by atoms with van der Waals surface area (Å²) < 4.78 is 25.7. The lowest BCUT2D eigenvalue weighted by Gasteiger charge is -2.24. The van der Waals surface area contributed by atoms with Crippen LogP contribution in [0.25, 0.3) is 0 Å². The lowest BCUT2D eigenvalue weighted by atomic mass is 10.2. The fraction of sp³-hybridized carbons (Fsp3) is 0.667. The molecule has 1 rings (SSSR count). The molecular formula is C12H22N2O2S2. The van der Waals surface area contributed by atoms with Crippen molar-refractivity contribution in [2.75, 3.05) is 26.4 Å². The van der Waals surface area contributed by atoms with Crippen LogP contribution in [-0.2, 0) is 16.4 Å². The molecule has 0 saturated carbocycles. The molecule has 1 atom stereocenters. The normalized spacial score (nSPS) is 14.0. The number of sulfonamides is 1. The number of nitrogens with one attached hydrogen (secondary N) is 1. The minimum atomic E-state index is -3.14. The highest BCUT2D eigenvalue weighted by molar-refractivity contribution is 7.89. The second-order valence-corrected chi connectivity index (χ2v) is 7.60. The molecule has 1 unspecified atom stereocenters. The van der Waals surface area contributed by atoms with Gasteiger partial charge in [0.05, 0.1) is 5.75 Å². The van der Waals surface area contributed by atoms with Crippen LogP contribution in [0.3, 0.4) is 0 Å². The van der Waals surface area contributed by atoms with E-state index in [4.69, 9.17) is 0 Å². The Morgan fingerprint density at radius 2 is 2.22 bits per heavy atom. The van der Waals surface area contributed by atoms with Crippen LogP contribution >= 0.6 is 11.3 Å².